The largest absolute Gasteiger partial charge is 0.488 e. The first-order valence-electron chi connectivity index (χ1n) is 7.32. The van der Waals surface area contributed by atoms with Gasteiger partial charge in [-0.2, -0.15) is 0 Å². The van der Waals surface area contributed by atoms with Crippen molar-refractivity contribution in [1.82, 2.24) is 0 Å². The van der Waals surface area contributed by atoms with Crippen molar-refractivity contribution in [3.8, 4) is 5.75 Å². The van der Waals surface area contributed by atoms with Gasteiger partial charge < -0.3 is 10.5 Å². The van der Waals surface area contributed by atoms with Crippen molar-refractivity contribution in [3.05, 3.63) is 64.2 Å². The zero-order valence-electron chi connectivity index (χ0n) is 12.6. The summed E-state index contributed by atoms with van der Waals surface area (Å²) in [5.74, 6) is 0.932. The average molecular weight is 304 g/mol. The minimum absolute atomic E-state index is 0.162. The van der Waals surface area contributed by atoms with Gasteiger partial charge >= 0.3 is 0 Å². The minimum Gasteiger partial charge on any atom is -0.488 e. The Bertz CT molecular complexity index is 598. The van der Waals surface area contributed by atoms with Gasteiger partial charge in [-0.3, -0.25) is 0 Å². The second-order valence-electron chi connectivity index (χ2n) is 5.32. The Hall–Kier alpha value is -1.51. The molecule has 2 aromatic rings. The fraction of sp³-hybridized carbons (Fsp3) is 0.333. The highest BCUT2D eigenvalue weighted by Crippen LogP contribution is 2.27. The van der Waals surface area contributed by atoms with E-state index in [1.54, 1.807) is 0 Å². The van der Waals surface area contributed by atoms with Gasteiger partial charge in [0.2, 0.25) is 0 Å². The van der Waals surface area contributed by atoms with Gasteiger partial charge in [-0.15, -0.1) is 0 Å². The normalized spacial score (nSPS) is 12.2. The number of benzene rings is 2. The first kappa shape index (κ1) is 15.9. The molecule has 0 aromatic heterocycles. The summed E-state index contributed by atoms with van der Waals surface area (Å²) in [6.45, 7) is 4.63. The molecule has 2 rings (SSSR count). The third kappa shape index (κ3) is 4.23. The minimum atomic E-state index is 0.162. The van der Waals surface area contributed by atoms with Gasteiger partial charge in [0.1, 0.15) is 12.4 Å². The van der Waals surface area contributed by atoms with Crippen LogP contribution in [0.3, 0.4) is 0 Å². The van der Waals surface area contributed by atoms with Crippen molar-refractivity contribution in [1.29, 1.82) is 0 Å². The molecule has 1 unspecified atom stereocenters. The summed E-state index contributed by atoms with van der Waals surface area (Å²) in [5, 5.41) is 0.734. The predicted molar refractivity (Wildman–Crippen MR) is 88.9 cm³/mol. The number of nitrogens with two attached hydrogens (primary N) is 1. The molecular formula is C18H22ClNO. The molecule has 0 radical (unpaired) electrons. The van der Waals surface area contributed by atoms with Crippen LogP contribution in [-0.2, 0) is 13.0 Å². The fourth-order valence-corrected chi connectivity index (χ4v) is 2.46. The quantitative estimate of drug-likeness (QED) is 0.852. The van der Waals surface area contributed by atoms with Crippen molar-refractivity contribution >= 4 is 11.6 Å². The maximum absolute atomic E-state index is 6.18. The molecule has 21 heavy (non-hydrogen) atoms. The van der Waals surface area contributed by atoms with E-state index < -0.39 is 0 Å². The van der Waals surface area contributed by atoms with Crippen LogP contribution in [0.2, 0.25) is 5.02 Å². The van der Waals surface area contributed by atoms with Crippen molar-refractivity contribution in [2.45, 2.75) is 39.3 Å². The third-order valence-corrected chi connectivity index (χ3v) is 4.00. The molecule has 0 heterocycles. The van der Waals surface area contributed by atoms with E-state index in [9.17, 15) is 0 Å². The van der Waals surface area contributed by atoms with E-state index in [2.05, 4.69) is 32.0 Å². The van der Waals surface area contributed by atoms with Crippen molar-refractivity contribution < 1.29 is 4.74 Å². The maximum Gasteiger partial charge on any atom is 0.125 e. The van der Waals surface area contributed by atoms with Crippen molar-refractivity contribution in [3.63, 3.8) is 0 Å². The number of hydrogen-bond acceptors (Lipinski definition) is 2. The summed E-state index contributed by atoms with van der Waals surface area (Å²) in [7, 11) is 0. The van der Waals surface area contributed by atoms with Crippen molar-refractivity contribution in [2.24, 2.45) is 5.73 Å². The second-order valence-corrected chi connectivity index (χ2v) is 5.72. The fourth-order valence-electron chi connectivity index (χ4n) is 2.27. The van der Waals surface area contributed by atoms with Crippen LogP contribution in [0, 0.1) is 6.92 Å². The molecule has 0 fully saturated rings. The smallest absolute Gasteiger partial charge is 0.125 e. The first-order valence-corrected chi connectivity index (χ1v) is 7.70. The van der Waals surface area contributed by atoms with Gasteiger partial charge in [-0.05, 0) is 37.0 Å². The molecule has 2 nitrogen and oxygen atoms in total. The monoisotopic (exact) mass is 303 g/mol. The highest BCUT2D eigenvalue weighted by atomic mass is 35.5. The molecule has 2 aromatic carbocycles. The van der Waals surface area contributed by atoms with Crippen molar-refractivity contribution in [2.75, 3.05) is 0 Å². The molecule has 0 amide bonds. The van der Waals surface area contributed by atoms with Gasteiger partial charge in [0, 0.05) is 16.6 Å². The molecular weight excluding hydrogens is 282 g/mol. The molecule has 1 atom stereocenters. The SMILES string of the molecule is CCC(N)Cc1cccc(C)c1OCc1ccccc1Cl. The van der Waals surface area contributed by atoms with Crippen LogP contribution in [0.25, 0.3) is 0 Å². The van der Waals surface area contributed by atoms with Gasteiger partial charge in [0.15, 0.2) is 0 Å². The lowest BCUT2D eigenvalue weighted by Crippen LogP contribution is -2.21. The Balaban J connectivity index is 2.17. The zero-order valence-corrected chi connectivity index (χ0v) is 13.4. The molecule has 0 aliphatic rings. The molecule has 0 aliphatic heterocycles. The highest BCUT2D eigenvalue weighted by Gasteiger charge is 2.11. The predicted octanol–water partition coefficient (Wildman–Crippen LogP) is 4.51. The topological polar surface area (TPSA) is 35.2 Å². The van der Waals surface area contributed by atoms with Crippen LogP contribution in [0.15, 0.2) is 42.5 Å². The lowest BCUT2D eigenvalue weighted by Gasteiger charge is -2.17. The van der Waals surface area contributed by atoms with E-state index >= 15 is 0 Å². The Morgan fingerprint density at radius 2 is 1.81 bits per heavy atom. The number of halogens is 1. The van der Waals surface area contributed by atoms with Gasteiger partial charge in [-0.25, -0.2) is 0 Å². The maximum atomic E-state index is 6.18. The summed E-state index contributed by atoms with van der Waals surface area (Å²) in [5.41, 5.74) is 9.36. The van der Waals surface area contributed by atoms with Gasteiger partial charge in [0.05, 0.1) is 0 Å². The van der Waals surface area contributed by atoms with E-state index in [0.29, 0.717) is 6.61 Å². The van der Waals surface area contributed by atoms with Crippen LogP contribution < -0.4 is 10.5 Å². The average Bonchev–Trinajstić information content (AvgIpc) is 2.48. The van der Waals surface area contributed by atoms with Crippen LogP contribution >= 0.6 is 11.6 Å². The molecule has 0 spiro atoms. The summed E-state index contributed by atoms with van der Waals surface area (Å²) in [6.07, 6.45) is 1.79. The molecule has 3 heteroatoms. The Kier molecular flexibility index (Phi) is 5.66. The molecule has 2 N–H and O–H groups in total. The zero-order chi connectivity index (χ0) is 15.2. The number of para-hydroxylation sites is 1. The van der Waals surface area contributed by atoms with Crippen LogP contribution in [-0.4, -0.2) is 6.04 Å². The number of hydrogen-bond donors (Lipinski definition) is 1. The summed E-state index contributed by atoms with van der Waals surface area (Å²) in [6, 6.07) is 14.1. The van der Waals surface area contributed by atoms with Gasteiger partial charge in [0.25, 0.3) is 0 Å². The first-order chi connectivity index (χ1) is 10.1. The lowest BCUT2D eigenvalue weighted by atomic mass is 10.0. The van der Waals surface area contributed by atoms with Crippen LogP contribution in [0.5, 0.6) is 5.75 Å². The molecule has 0 aliphatic carbocycles. The second kappa shape index (κ2) is 7.48. The molecule has 0 saturated heterocycles. The summed E-state index contributed by atoms with van der Waals surface area (Å²) in [4.78, 5) is 0. The molecule has 0 saturated carbocycles. The number of aryl methyl sites for hydroxylation is 1. The Morgan fingerprint density at radius 1 is 1.10 bits per heavy atom. The lowest BCUT2D eigenvalue weighted by molar-refractivity contribution is 0.300. The number of rotatable bonds is 6. The van der Waals surface area contributed by atoms with E-state index in [-0.39, 0.29) is 6.04 Å². The molecule has 0 bridgehead atoms. The third-order valence-electron chi connectivity index (χ3n) is 3.63. The van der Waals surface area contributed by atoms with Crippen LogP contribution in [0.4, 0.5) is 0 Å². The van der Waals surface area contributed by atoms with E-state index in [1.165, 1.54) is 0 Å². The summed E-state index contributed by atoms with van der Waals surface area (Å²) < 4.78 is 6.04. The summed E-state index contributed by atoms with van der Waals surface area (Å²) >= 11 is 6.18. The highest BCUT2D eigenvalue weighted by molar-refractivity contribution is 6.31. The van der Waals surface area contributed by atoms with E-state index in [0.717, 1.165) is 40.3 Å². The van der Waals surface area contributed by atoms with Crippen LogP contribution in [0.1, 0.15) is 30.0 Å². The standard InChI is InChI=1S/C18H22ClNO/c1-3-16(20)11-14-9-6-7-13(2)18(14)21-12-15-8-4-5-10-17(15)19/h4-10,16H,3,11-12,20H2,1-2H3. The van der Waals surface area contributed by atoms with Gasteiger partial charge in [-0.1, -0.05) is 54.9 Å². The Labute approximate surface area is 131 Å². The Morgan fingerprint density at radius 3 is 2.52 bits per heavy atom. The molecule has 112 valence electrons. The van der Waals surface area contributed by atoms with E-state index in [1.807, 2.05) is 24.3 Å². The van der Waals surface area contributed by atoms with E-state index in [4.69, 9.17) is 22.1 Å². The number of ether oxygens (including phenoxy) is 1.